The molecule has 4 atom stereocenters. The lowest BCUT2D eigenvalue weighted by Gasteiger charge is -2.40. The average molecular weight is 330 g/mol. The Hall–Kier alpha value is -0.860. The Morgan fingerprint density at radius 2 is 1.67 bits per heavy atom. The Morgan fingerprint density at radius 1 is 1.00 bits per heavy atom. The third kappa shape index (κ3) is 4.40. The van der Waals surface area contributed by atoms with Crippen molar-refractivity contribution in [1.29, 1.82) is 0 Å². The molecule has 3 rings (SSSR count). The summed E-state index contributed by atoms with van der Waals surface area (Å²) in [6, 6.07) is 12.4. The molecule has 2 heteroatoms. The van der Waals surface area contributed by atoms with Crippen molar-refractivity contribution < 1.29 is 4.74 Å². The molecule has 0 radical (unpaired) electrons. The van der Waals surface area contributed by atoms with Crippen LogP contribution in [0.15, 0.2) is 30.3 Å². The van der Waals surface area contributed by atoms with Crippen LogP contribution in [0.5, 0.6) is 0 Å². The molecule has 2 heterocycles. The normalized spacial score (nSPS) is 28.2. The minimum atomic E-state index is 0.290. The summed E-state index contributed by atoms with van der Waals surface area (Å²) < 4.78 is 6.69. The maximum Gasteiger partial charge on any atom is 0.0828 e. The van der Waals surface area contributed by atoms with E-state index in [2.05, 4.69) is 49.1 Å². The molecular formula is C22H35NO. The largest absolute Gasteiger partial charge is 0.370 e. The molecule has 0 aliphatic carbocycles. The van der Waals surface area contributed by atoms with Crippen LogP contribution in [0.2, 0.25) is 0 Å². The molecule has 2 aliphatic heterocycles. The van der Waals surface area contributed by atoms with Crippen LogP contribution in [0, 0.1) is 0 Å². The lowest BCUT2D eigenvalue weighted by molar-refractivity contribution is -0.0659. The number of fused-ring (bicyclic) bond motifs is 2. The smallest absolute Gasteiger partial charge is 0.0828 e. The van der Waals surface area contributed by atoms with E-state index in [9.17, 15) is 0 Å². The van der Waals surface area contributed by atoms with Crippen LogP contribution in [-0.2, 0) is 4.74 Å². The van der Waals surface area contributed by atoms with Crippen molar-refractivity contribution in [3.63, 3.8) is 0 Å². The van der Waals surface area contributed by atoms with Gasteiger partial charge in [-0.2, -0.15) is 0 Å². The first kappa shape index (κ1) is 17.9. The van der Waals surface area contributed by atoms with Gasteiger partial charge < -0.3 is 4.74 Å². The van der Waals surface area contributed by atoms with Crippen LogP contribution in [0.25, 0.3) is 0 Å². The van der Waals surface area contributed by atoms with E-state index < -0.39 is 0 Å². The minimum absolute atomic E-state index is 0.290. The zero-order valence-corrected chi connectivity index (χ0v) is 15.6. The maximum atomic E-state index is 6.69. The Labute approximate surface area is 148 Å². The third-order valence-electron chi connectivity index (χ3n) is 5.96. The second-order valence-electron chi connectivity index (χ2n) is 7.75. The zero-order chi connectivity index (χ0) is 16.8. The summed E-state index contributed by atoms with van der Waals surface area (Å²) in [5.41, 5.74) is 1.37. The van der Waals surface area contributed by atoms with Crippen molar-refractivity contribution in [3.8, 4) is 0 Å². The van der Waals surface area contributed by atoms with Crippen molar-refractivity contribution >= 4 is 0 Å². The summed E-state index contributed by atoms with van der Waals surface area (Å²) in [6.07, 6.45) is 12.3. The number of rotatable bonds is 9. The monoisotopic (exact) mass is 329 g/mol. The Morgan fingerprint density at radius 3 is 2.29 bits per heavy atom. The molecule has 1 aromatic rings. The van der Waals surface area contributed by atoms with Gasteiger partial charge in [0.1, 0.15) is 0 Å². The van der Waals surface area contributed by atoms with Crippen LogP contribution >= 0.6 is 0 Å². The molecule has 0 aromatic heterocycles. The van der Waals surface area contributed by atoms with E-state index >= 15 is 0 Å². The molecule has 134 valence electrons. The quantitative estimate of drug-likeness (QED) is 0.573. The van der Waals surface area contributed by atoms with E-state index in [4.69, 9.17) is 4.74 Å². The highest BCUT2D eigenvalue weighted by Gasteiger charge is 2.41. The number of hydrogen-bond acceptors (Lipinski definition) is 2. The molecule has 1 aromatic carbocycles. The standard InChI is InChI=1S/C22H35NO/c1-3-5-12-22(18-10-8-7-9-11-18)24-21-16-19-13-14-20(17-21)23(19)15-6-4-2/h7-11,19-22H,3-6,12-17H2,1-2H3/t19-,20+,21?,22?. The van der Waals surface area contributed by atoms with Gasteiger partial charge in [0.2, 0.25) is 0 Å². The fourth-order valence-electron chi connectivity index (χ4n) is 4.64. The summed E-state index contributed by atoms with van der Waals surface area (Å²) in [7, 11) is 0. The van der Waals surface area contributed by atoms with Crippen molar-refractivity contribution in [2.24, 2.45) is 0 Å². The second-order valence-corrected chi connectivity index (χ2v) is 7.75. The van der Waals surface area contributed by atoms with Gasteiger partial charge in [-0.15, -0.1) is 0 Å². The number of benzene rings is 1. The van der Waals surface area contributed by atoms with Crippen molar-refractivity contribution in [2.45, 2.75) is 95.9 Å². The number of hydrogen-bond donors (Lipinski definition) is 0. The fourth-order valence-corrected chi connectivity index (χ4v) is 4.64. The van der Waals surface area contributed by atoms with E-state index in [1.807, 2.05) is 0 Å². The lowest BCUT2D eigenvalue weighted by Crippen LogP contribution is -2.46. The van der Waals surface area contributed by atoms with Gasteiger partial charge in [-0.25, -0.2) is 0 Å². The first-order valence-electron chi connectivity index (χ1n) is 10.3. The maximum absolute atomic E-state index is 6.69. The predicted octanol–water partition coefficient (Wildman–Crippen LogP) is 5.73. The van der Waals surface area contributed by atoms with Crippen molar-refractivity contribution in [3.05, 3.63) is 35.9 Å². The number of ether oxygens (including phenoxy) is 1. The van der Waals surface area contributed by atoms with Gasteiger partial charge in [0.25, 0.3) is 0 Å². The van der Waals surface area contributed by atoms with E-state index in [1.165, 1.54) is 63.5 Å². The molecule has 2 saturated heterocycles. The van der Waals surface area contributed by atoms with E-state index in [1.54, 1.807) is 0 Å². The lowest BCUT2D eigenvalue weighted by atomic mass is 9.97. The molecule has 0 spiro atoms. The average Bonchev–Trinajstić information content (AvgIpc) is 2.86. The van der Waals surface area contributed by atoms with E-state index in [-0.39, 0.29) is 6.10 Å². The predicted molar refractivity (Wildman–Crippen MR) is 101 cm³/mol. The highest BCUT2D eigenvalue weighted by molar-refractivity contribution is 5.17. The highest BCUT2D eigenvalue weighted by Crippen LogP contribution is 2.39. The second kappa shape index (κ2) is 9.01. The van der Waals surface area contributed by atoms with Crippen LogP contribution in [0.4, 0.5) is 0 Å². The summed E-state index contributed by atoms with van der Waals surface area (Å²) >= 11 is 0. The van der Waals surface area contributed by atoms with E-state index in [0.717, 1.165) is 18.5 Å². The fraction of sp³-hybridized carbons (Fsp3) is 0.727. The molecule has 0 N–H and O–H groups in total. The number of piperidine rings is 1. The molecule has 2 unspecified atom stereocenters. The molecular weight excluding hydrogens is 294 g/mol. The van der Waals surface area contributed by atoms with Crippen LogP contribution < -0.4 is 0 Å². The van der Waals surface area contributed by atoms with Crippen molar-refractivity contribution in [2.75, 3.05) is 6.54 Å². The van der Waals surface area contributed by atoms with E-state index in [0.29, 0.717) is 6.10 Å². The van der Waals surface area contributed by atoms with Crippen LogP contribution in [0.3, 0.4) is 0 Å². The van der Waals surface area contributed by atoms with Crippen molar-refractivity contribution in [1.82, 2.24) is 4.90 Å². The van der Waals surface area contributed by atoms with Gasteiger partial charge in [0.05, 0.1) is 12.2 Å². The SMILES string of the molecule is CCCCC(OC1C[C@H]2CC[C@@H](C1)N2CCCC)c1ccccc1. The molecule has 24 heavy (non-hydrogen) atoms. The van der Waals surface area contributed by atoms with Gasteiger partial charge in [0.15, 0.2) is 0 Å². The zero-order valence-electron chi connectivity index (χ0n) is 15.6. The Kier molecular flexibility index (Phi) is 6.74. The van der Waals surface area contributed by atoms with Gasteiger partial charge >= 0.3 is 0 Å². The first-order chi connectivity index (χ1) is 11.8. The number of nitrogens with zero attached hydrogens (tertiary/aromatic N) is 1. The summed E-state index contributed by atoms with van der Waals surface area (Å²) in [6.45, 7) is 5.88. The molecule has 2 aliphatic rings. The third-order valence-corrected chi connectivity index (χ3v) is 5.96. The summed E-state index contributed by atoms with van der Waals surface area (Å²) in [5, 5.41) is 0. The molecule has 0 amide bonds. The number of unbranched alkanes of at least 4 members (excludes halogenated alkanes) is 2. The van der Waals surface area contributed by atoms with Gasteiger partial charge in [0, 0.05) is 12.1 Å². The van der Waals surface area contributed by atoms with Gasteiger partial charge in [-0.05, 0) is 50.6 Å². The molecule has 2 fully saturated rings. The Balaban J connectivity index is 1.60. The summed E-state index contributed by atoms with van der Waals surface area (Å²) in [5.74, 6) is 0. The highest BCUT2D eigenvalue weighted by atomic mass is 16.5. The topological polar surface area (TPSA) is 12.5 Å². The molecule has 0 saturated carbocycles. The molecule has 2 bridgehead atoms. The minimum Gasteiger partial charge on any atom is -0.370 e. The summed E-state index contributed by atoms with van der Waals surface area (Å²) in [4.78, 5) is 2.80. The Bertz CT molecular complexity index is 460. The van der Waals surface area contributed by atoms with Gasteiger partial charge in [-0.1, -0.05) is 63.4 Å². The first-order valence-corrected chi connectivity index (χ1v) is 10.3. The van der Waals surface area contributed by atoms with Crippen LogP contribution in [0.1, 0.15) is 83.3 Å². The van der Waals surface area contributed by atoms with Crippen LogP contribution in [-0.4, -0.2) is 29.6 Å². The molecule has 2 nitrogen and oxygen atoms in total. The van der Waals surface area contributed by atoms with Gasteiger partial charge in [-0.3, -0.25) is 4.90 Å².